The second-order valence-corrected chi connectivity index (χ2v) is 9.27. The number of fused-ring (bicyclic) bond motifs is 1. The second kappa shape index (κ2) is 9.28. The van der Waals surface area contributed by atoms with E-state index in [1.165, 1.54) is 18.3 Å². The maximum atomic E-state index is 13.3. The number of allylic oxidation sites excluding steroid dienone is 2. The minimum atomic E-state index is -0.784. The molecule has 1 aromatic heterocycles. The van der Waals surface area contributed by atoms with Gasteiger partial charge in [0, 0.05) is 12.3 Å². The number of carbonyl (C=O) groups is 1. The van der Waals surface area contributed by atoms with Crippen LogP contribution in [0.2, 0.25) is 0 Å². The minimum absolute atomic E-state index is 0.175. The first-order valence-corrected chi connectivity index (χ1v) is 11.5. The Morgan fingerprint density at radius 1 is 1.44 bits per heavy atom. The van der Waals surface area contributed by atoms with Gasteiger partial charge in [0.2, 0.25) is 5.16 Å². The summed E-state index contributed by atoms with van der Waals surface area (Å²) in [5.74, 6) is -0.546. The Morgan fingerprint density at radius 3 is 2.88 bits per heavy atom. The van der Waals surface area contributed by atoms with Gasteiger partial charge in [-0.05, 0) is 74.7 Å². The molecule has 0 radical (unpaired) electrons. The summed E-state index contributed by atoms with van der Waals surface area (Å²) in [7, 11) is 1.83. The Kier molecular flexibility index (Phi) is 6.45. The number of esters is 1. The maximum Gasteiger partial charge on any atom is 0.316 e. The standard InChI is InChI=1S/C23H26FN5O2S/c1-3-31-21(30)23-11-15(13-25)20(27-18-7-5-17(24)6-8-18)10-16(23)4-9-19(12-23)32-22-26-14-29(2)28-22/h5-8,10,13-14,19H,3-4,9,11-12,25H2,1-2H3/b15-13-,27-20?/t19-,23-/m0/s1. The number of nitrogens with zero attached hydrogens (tertiary/aromatic N) is 4. The molecular formula is C23H26FN5O2S. The van der Waals surface area contributed by atoms with Crippen LogP contribution in [0.25, 0.3) is 0 Å². The molecule has 2 aliphatic rings. The highest BCUT2D eigenvalue weighted by molar-refractivity contribution is 7.99. The Labute approximate surface area is 190 Å². The van der Waals surface area contributed by atoms with E-state index in [2.05, 4.69) is 15.1 Å². The van der Waals surface area contributed by atoms with Crippen molar-refractivity contribution in [2.24, 2.45) is 23.2 Å². The van der Waals surface area contributed by atoms with Crippen molar-refractivity contribution in [1.82, 2.24) is 14.8 Å². The Bertz CT molecular complexity index is 1090. The van der Waals surface area contributed by atoms with Crippen LogP contribution < -0.4 is 5.73 Å². The molecule has 0 amide bonds. The number of rotatable bonds is 5. The van der Waals surface area contributed by atoms with Gasteiger partial charge in [-0.1, -0.05) is 17.3 Å². The van der Waals surface area contributed by atoms with Crippen molar-refractivity contribution >= 4 is 29.1 Å². The number of carbonyl (C=O) groups excluding carboxylic acids is 1. The van der Waals surface area contributed by atoms with Crippen LogP contribution in [0, 0.1) is 11.2 Å². The summed E-state index contributed by atoms with van der Waals surface area (Å²) >= 11 is 1.59. The molecule has 0 spiro atoms. The predicted molar refractivity (Wildman–Crippen MR) is 122 cm³/mol. The average molecular weight is 456 g/mol. The van der Waals surface area contributed by atoms with Gasteiger partial charge < -0.3 is 10.5 Å². The molecule has 0 bridgehead atoms. The van der Waals surface area contributed by atoms with Crippen molar-refractivity contribution in [2.45, 2.75) is 43.0 Å². The van der Waals surface area contributed by atoms with Crippen molar-refractivity contribution in [3.05, 3.63) is 59.8 Å². The van der Waals surface area contributed by atoms with E-state index in [1.54, 1.807) is 34.9 Å². The molecule has 1 heterocycles. The molecule has 0 saturated heterocycles. The van der Waals surface area contributed by atoms with E-state index >= 15 is 0 Å². The van der Waals surface area contributed by atoms with E-state index in [0.717, 1.165) is 24.0 Å². The number of nitrogens with two attached hydrogens (primary N) is 1. The Morgan fingerprint density at radius 2 is 2.22 bits per heavy atom. The van der Waals surface area contributed by atoms with Crippen LogP contribution in [0.5, 0.6) is 0 Å². The fourth-order valence-corrected chi connectivity index (χ4v) is 5.51. The number of thioether (sulfide) groups is 1. The highest BCUT2D eigenvalue weighted by atomic mass is 32.2. The number of hydrogen-bond donors (Lipinski definition) is 1. The highest BCUT2D eigenvalue weighted by Crippen LogP contribution is 2.52. The molecule has 1 fully saturated rings. The fourth-order valence-electron chi connectivity index (χ4n) is 4.33. The van der Waals surface area contributed by atoms with Gasteiger partial charge in [0.05, 0.1) is 23.4 Å². The lowest BCUT2D eigenvalue weighted by molar-refractivity contribution is -0.154. The first-order chi connectivity index (χ1) is 15.4. The number of aliphatic imine (C=N–C) groups is 1. The van der Waals surface area contributed by atoms with Crippen LogP contribution in [0.4, 0.5) is 10.1 Å². The summed E-state index contributed by atoms with van der Waals surface area (Å²) in [5, 5.41) is 5.25. The predicted octanol–water partition coefficient (Wildman–Crippen LogP) is 4.09. The lowest BCUT2D eigenvalue weighted by atomic mass is 9.63. The van der Waals surface area contributed by atoms with E-state index < -0.39 is 5.41 Å². The molecule has 0 aliphatic heterocycles. The summed E-state index contributed by atoms with van der Waals surface area (Å²) in [6.07, 6.45) is 7.80. The Hall–Kier alpha value is -2.94. The normalized spacial score (nSPS) is 25.5. The second-order valence-electron chi connectivity index (χ2n) is 8.00. The van der Waals surface area contributed by atoms with Crippen LogP contribution in [0.1, 0.15) is 32.6 Å². The zero-order chi connectivity index (χ0) is 22.7. The molecule has 1 aromatic carbocycles. The van der Waals surface area contributed by atoms with Gasteiger partial charge in [-0.25, -0.2) is 14.4 Å². The number of hydrogen-bond acceptors (Lipinski definition) is 7. The van der Waals surface area contributed by atoms with Crippen molar-refractivity contribution < 1.29 is 13.9 Å². The van der Waals surface area contributed by atoms with E-state index in [9.17, 15) is 9.18 Å². The third-order valence-electron chi connectivity index (χ3n) is 5.85. The first kappa shape index (κ1) is 22.3. The quantitative estimate of drug-likeness (QED) is 0.682. The summed E-state index contributed by atoms with van der Waals surface area (Å²) in [5.41, 5.74) is 8.30. The summed E-state index contributed by atoms with van der Waals surface area (Å²) in [6.45, 7) is 2.13. The number of aromatic nitrogens is 3. The summed E-state index contributed by atoms with van der Waals surface area (Å²) < 4.78 is 20.5. The molecule has 2 aliphatic carbocycles. The van der Waals surface area contributed by atoms with E-state index in [4.69, 9.17) is 10.5 Å². The minimum Gasteiger partial charge on any atom is -0.465 e. The third kappa shape index (κ3) is 4.48. The SMILES string of the molecule is CCOC(=O)[C@]12C/C(=C/N)C(=Nc3ccc(F)cc3)C=C1CC[C@H](Sc1ncn(C)n1)C2. The molecule has 32 heavy (non-hydrogen) atoms. The topological polar surface area (TPSA) is 95.4 Å². The summed E-state index contributed by atoms with van der Waals surface area (Å²) in [4.78, 5) is 22.3. The molecule has 9 heteroatoms. The number of aryl methyl sites for hydroxylation is 1. The molecule has 0 unspecified atom stereocenters. The van der Waals surface area contributed by atoms with Crippen LogP contribution in [0.15, 0.2) is 64.2 Å². The third-order valence-corrected chi connectivity index (χ3v) is 6.99. The molecule has 2 N–H and O–H groups in total. The van der Waals surface area contributed by atoms with Gasteiger partial charge in [-0.3, -0.25) is 9.48 Å². The molecule has 1 saturated carbocycles. The lowest BCUT2D eigenvalue weighted by Gasteiger charge is -2.43. The summed E-state index contributed by atoms with van der Waals surface area (Å²) in [6, 6.07) is 5.99. The molecule has 4 rings (SSSR count). The smallest absolute Gasteiger partial charge is 0.316 e. The molecule has 168 valence electrons. The fraction of sp³-hybridized carbons (Fsp3) is 0.391. The number of benzene rings is 1. The first-order valence-electron chi connectivity index (χ1n) is 10.6. The van der Waals surface area contributed by atoms with Gasteiger partial charge in [0.25, 0.3) is 0 Å². The van der Waals surface area contributed by atoms with Crippen LogP contribution in [0.3, 0.4) is 0 Å². The average Bonchev–Trinajstić information content (AvgIpc) is 3.19. The van der Waals surface area contributed by atoms with Crippen LogP contribution >= 0.6 is 11.8 Å². The van der Waals surface area contributed by atoms with Crippen LogP contribution in [-0.4, -0.2) is 38.3 Å². The maximum absolute atomic E-state index is 13.3. The van der Waals surface area contributed by atoms with Crippen molar-refractivity contribution in [2.75, 3.05) is 6.61 Å². The Balaban J connectivity index is 1.69. The molecule has 2 aromatic rings. The van der Waals surface area contributed by atoms with Crippen molar-refractivity contribution in [3.63, 3.8) is 0 Å². The van der Waals surface area contributed by atoms with Gasteiger partial charge >= 0.3 is 5.97 Å². The van der Waals surface area contributed by atoms with Crippen LogP contribution in [-0.2, 0) is 16.6 Å². The van der Waals surface area contributed by atoms with Crippen molar-refractivity contribution in [3.8, 4) is 0 Å². The molecule has 2 atom stereocenters. The number of halogens is 1. The largest absolute Gasteiger partial charge is 0.465 e. The number of ether oxygens (including phenoxy) is 1. The van der Waals surface area contributed by atoms with Gasteiger partial charge in [0.1, 0.15) is 12.1 Å². The van der Waals surface area contributed by atoms with Gasteiger partial charge in [-0.15, -0.1) is 5.10 Å². The zero-order valence-electron chi connectivity index (χ0n) is 18.1. The molecular weight excluding hydrogens is 429 g/mol. The van der Waals surface area contributed by atoms with E-state index in [1.807, 2.05) is 20.0 Å². The molecule has 7 nitrogen and oxygen atoms in total. The van der Waals surface area contributed by atoms with E-state index in [0.29, 0.717) is 36.0 Å². The zero-order valence-corrected chi connectivity index (χ0v) is 18.9. The van der Waals surface area contributed by atoms with Gasteiger partial charge in [-0.2, -0.15) is 0 Å². The van der Waals surface area contributed by atoms with Crippen molar-refractivity contribution in [1.29, 1.82) is 0 Å². The van der Waals surface area contributed by atoms with E-state index in [-0.39, 0.29) is 17.0 Å². The monoisotopic (exact) mass is 455 g/mol. The lowest BCUT2D eigenvalue weighted by Crippen LogP contribution is -2.44. The van der Waals surface area contributed by atoms with Gasteiger partial charge in [0.15, 0.2) is 0 Å². The highest BCUT2D eigenvalue weighted by Gasteiger charge is 2.50.